The molecule has 2 amide bonds. The first-order valence-corrected chi connectivity index (χ1v) is 11.2. The fourth-order valence-corrected chi connectivity index (χ4v) is 3.85. The standard InChI is InChI=1S/C28H28N2O4/c1-33-17-15-29(28(32)25-14-13-23-10-5-6-11-24(23)18-25)21-27(31)30(20-26-12-7-16-34-26)19-22-8-3-2-4-9-22/h2-14,16,18H,15,17,19-21H2,1H3. The number of methoxy groups -OCH3 is 1. The van der Waals surface area contributed by atoms with E-state index in [-0.39, 0.29) is 18.4 Å². The Labute approximate surface area is 199 Å². The third-order valence-electron chi connectivity index (χ3n) is 5.67. The number of hydrogen-bond donors (Lipinski definition) is 0. The van der Waals surface area contributed by atoms with Gasteiger partial charge in [-0.25, -0.2) is 0 Å². The molecule has 4 rings (SSSR count). The quantitative estimate of drug-likeness (QED) is 0.346. The Morgan fingerprint density at radius 2 is 1.59 bits per heavy atom. The van der Waals surface area contributed by atoms with Gasteiger partial charge in [-0.1, -0.05) is 60.7 Å². The summed E-state index contributed by atoms with van der Waals surface area (Å²) in [6.07, 6.45) is 1.59. The number of benzene rings is 3. The molecule has 3 aromatic carbocycles. The molecule has 0 N–H and O–H groups in total. The van der Waals surface area contributed by atoms with Gasteiger partial charge in [0.05, 0.1) is 19.4 Å². The Balaban J connectivity index is 1.55. The van der Waals surface area contributed by atoms with Gasteiger partial charge >= 0.3 is 0 Å². The zero-order valence-corrected chi connectivity index (χ0v) is 19.2. The van der Waals surface area contributed by atoms with Crippen molar-refractivity contribution in [1.29, 1.82) is 0 Å². The Hall–Kier alpha value is -3.90. The fourth-order valence-electron chi connectivity index (χ4n) is 3.85. The van der Waals surface area contributed by atoms with Gasteiger partial charge in [-0.3, -0.25) is 9.59 Å². The molecule has 0 aliphatic heterocycles. The molecular formula is C28H28N2O4. The predicted molar refractivity (Wildman–Crippen MR) is 131 cm³/mol. The van der Waals surface area contributed by atoms with Crippen LogP contribution in [0.25, 0.3) is 10.8 Å². The largest absolute Gasteiger partial charge is 0.467 e. The van der Waals surface area contributed by atoms with Crippen molar-refractivity contribution in [2.75, 3.05) is 26.8 Å². The highest BCUT2D eigenvalue weighted by Crippen LogP contribution is 2.18. The molecule has 1 aromatic heterocycles. The summed E-state index contributed by atoms with van der Waals surface area (Å²) < 4.78 is 10.7. The van der Waals surface area contributed by atoms with E-state index in [1.807, 2.05) is 72.8 Å². The molecular weight excluding hydrogens is 428 g/mol. The summed E-state index contributed by atoms with van der Waals surface area (Å²) in [4.78, 5) is 30.1. The lowest BCUT2D eigenvalue weighted by molar-refractivity contribution is -0.133. The van der Waals surface area contributed by atoms with Gasteiger partial charge in [0.15, 0.2) is 0 Å². The minimum Gasteiger partial charge on any atom is -0.467 e. The second-order valence-electron chi connectivity index (χ2n) is 8.10. The maximum absolute atomic E-state index is 13.4. The summed E-state index contributed by atoms with van der Waals surface area (Å²) >= 11 is 0. The van der Waals surface area contributed by atoms with Crippen LogP contribution in [0.15, 0.2) is 95.6 Å². The molecule has 6 nitrogen and oxygen atoms in total. The summed E-state index contributed by atoms with van der Waals surface area (Å²) in [5.41, 5.74) is 1.55. The molecule has 0 saturated heterocycles. The molecule has 6 heteroatoms. The number of furan rings is 1. The van der Waals surface area contributed by atoms with E-state index in [9.17, 15) is 9.59 Å². The van der Waals surface area contributed by atoms with Crippen molar-refractivity contribution in [3.05, 3.63) is 108 Å². The normalized spacial score (nSPS) is 10.9. The van der Waals surface area contributed by atoms with Gasteiger partial charge in [-0.2, -0.15) is 0 Å². The maximum Gasteiger partial charge on any atom is 0.254 e. The van der Waals surface area contributed by atoms with Crippen molar-refractivity contribution in [3.8, 4) is 0 Å². The zero-order chi connectivity index (χ0) is 23.8. The minimum atomic E-state index is -0.200. The van der Waals surface area contributed by atoms with Crippen LogP contribution in [0.4, 0.5) is 0 Å². The molecule has 4 aromatic rings. The van der Waals surface area contributed by atoms with Crippen LogP contribution >= 0.6 is 0 Å². The third-order valence-corrected chi connectivity index (χ3v) is 5.67. The van der Waals surface area contributed by atoms with Crippen molar-refractivity contribution in [2.45, 2.75) is 13.1 Å². The summed E-state index contributed by atoms with van der Waals surface area (Å²) in [5.74, 6) is 0.327. The predicted octanol–water partition coefficient (Wildman–Crippen LogP) is 4.75. The summed E-state index contributed by atoms with van der Waals surface area (Å²) in [7, 11) is 1.58. The zero-order valence-electron chi connectivity index (χ0n) is 19.2. The first kappa shape index (κ1) is 23.3. The lowest BCUT2D eigenvalue weighted by Gasteiger charge is -2.27. The van der Waals surface area contributed by atoms with Crippen molar-refractivity contribution in [3.63, 3.8) is 0 Å². The third kappa shape index (κ3) is 5.91. The number of rotatable bonds is 10. The lowest BCUT2D eigenvalue weighted by Crippen LogP contribution is -2.43. The van der Waals surface area contributed by atoms with Crippen molar-refractivity contribution >= 4 is 22.6 Å². The SMILES string of the molecule is COCCN(CC(=O)N(Cc1ccccc1)Cc1ccco1)C(=O)c1ccc2ccccc2c1. The van der Waals surface area contributed by atoms with E-state index in [4.69, 9.17) is 9.15 Å². The molecule has 34 heavy (non-hydrogen) atoms. The Morgan fingerprint density at radius 1 is 0.824 bits per heavy atom. The molecule has 0 bridgehead atoms. The van der Waals surface area contributed by atoms with Crippen LogP contribution in [0.2, 0.25) is 0 Å². The summed E-state index contributed by atoms with van der Waals surface area (Å²) in [6.45, 7) is 1.34. The maximum atomic E-state index is 13.4. The second kappa shape index (κ2) is 11.3. The Bertz CT molecular complexity index is 1220. The van der Waals surface area contributed by atoms with E-state index in [2.05, 4.69) is 0 Å². The highest BCUT2D eigenvalue weighted by Gasteiger charge is 2.23. The van der Waals surface area contributed by atoms with Crippen LogP contribution < -0.4 is 0 Å². The summed E-state index contributed by atoms with van der Waals surface area (Å²) in [5, 5.41) is 2.04. The average Bonchev–Trinajstić information content (AvgIpc) is 3.39. The first-order chi connectivity index (χ1) is 16.6. The van der Waals surface area contributed by atoms with E-state index >= 15 is 0 Å². The van der Waals surface area contributed by atoms with Gasteiger partial charge < -0.3 is 19.0 Å². The van der Waals surface area contributed by atoms with E-state index in [1.54, 1.807) is 35.3 Å². The van der Waals surface area contributed by atoms with Gasteiger partial charge in [0.25, 0.3) is 5.91 Å². The monoisotopic (exact) mass is 456 g/mol. The molecule has 0 spiro atoms. The first-order valence-electron chi connectivity index (χ1n) is 11.2. The molecule has 0 atom stereocenters. The molecule has 0 aliphatic carbocycles. The fraction of sp³-hybridized carbons (Fsp3) is 0.214. The van der Waals surface area contributed by atoms with Crippen molar-refractivity contribution in [1.82, 2.24) is 9.80 Å². The van der Waals surface area contributed by atoms with Gasteiger partial charge in [0.1, 0.15) is 12.3 Å². The highest BCUT2D eigenvalue weighted by atomic mass is 16.5. The number of carbonyl (C=O) groups excluding carboxylic acids is 2. The van der Waals surface area contributed by atoms with Gasteiger partial charge in [0, 0.05) is 25.8 Å². The van der Waals surface area contributed by atoms with E-state index in [0.29, 0.717) is 37.6 Å². The molecule has 0 aliphatic rings. The second-order valence-corrected chi connectivity index (χ2v) is 8.10. The number of ether oxygens (including phenoxy) is 1. The average molecular weight is 457 g/mol. The molecule has 1 heterocycles. The Morgan fingerprint density at radius 3 is 2.32 bits per heavy atom. The van der Waals surface area contributed by atoms with E-state index in [1.165, 1.54) is 0 Å². The Kier molecular flexibility index (Phi) is 7.73. The number of carbonyl (C=O) groups is 2. The van der Waals surface area contributed by atoms with Crippen molar-refractivity contribution in [2.24, 2.45) is 0 Å². The van der Waals surface area contributed by atoms with Gasteiger partial charge in [-0.05, 0) is 40.6 Å². The molecule has 0 radical (unpaired) electrons. The van der Waals surface area contributed by atoms with Crippen LogP contribution in [0, 0.1) is 0 Å². The molecule has 174 valence electrons. The number of nitrogens with zero attached hydrogens (tertiary/aromatic N) is 2. The topological polar surface area (TPSA) is 63.0 Å². The number of fused-ring (bicyclic) bond motifs is 1. The van der Waals surface area contributed by atoms with Crippen LogP contribution in [0.1, 0.15) is 21.7 Å². The summed E-state index contributed by atoms with van der Waals surface area (Å²) in [6, 6.07) is 26.9. The van der Waals surface area contributed by atoms with Crippen molar-refractivity contribution < 1.29 is 18.7 Å². The minimum absolute atomic E-state index is 0.0530. The van der Waals surface area contributed by atoms with Gasteiger partial charge in [-0.15, -0.1) is 0 Å². The molecule has 0 saturated carbocycles. The van der Waals surface area contributed by atoms with Crippen LogP contribution in [0.5, 0.6) is 0 Å². The van der Waals surface area contributed by atoms with Crippen LogP contribution in [0.3, 0.4) is 0 Å². The van der Waals surface area contributed by atoms with E-state index < -0.39 is 0 Å². The smallest absolute Gasteiger partial charge is 0.254 e. The number of amides is 2. The van der Waals surface area contributed by atoms with Crippen LogP contribution in [-0.4, -0.2) is 48.4 Å². The highest BCUT2D eigenvalue weighted by molar-refractivity contribution is 6.00. The van der Waals surface area contributed by atoms with Crippen LogP contribution in [-0.2, 0) is 22.6 Å². The molecule has 0 fully saturated rings. The number of hydrogen-bond acceptors (Lipinski definition) is 4. The molecule has 0 unspecified atom stereocenters. The van der Waals surface area contributed by atoms with Gasteiger partial charge in [0.2, 0.25) is 5.91 Å². The van der Waals surface area contributed by atoms with E-state index in [0.717, 1.165) is 16.3 Å². The lowest BCUT2D eigenvalue weighted by atomic mass is 10.1.